The lowest BCUT2D eigenvalue weighted by molar-refractivity contribution is -0.146. The summed E-state index contributed by atoms with van der Waals surface area (Å²) < 4.78 is 0. The Balaban J connectivity index is 0. The average Bonchev–Trinajstić information content (AvgIpc) is 1.88. The van der Waals surface area contributed by atoms with Crippen molar-refractivity contribution in [2.24, 2.45) is 0 Å². The Hall–Kier alpha value is -0.280. The molecule has 0 heterocycles. The van der Waals surface area contributed by atoms with Crippen molar-refractivity contribution >= 4 is 18.4 Å². The van der Waals surface area contributed by atoms with E-state index in [0.717, 1.165) is 19.3 Å². The van der Waals surface area contributed by atoms with Crippen LogP contribution >= 0.6 is 12.4 Å². The highest BCUT2D eigenvalue weighted by atomic mass is 35.5. The number of halogens is 1. The third-order valence-electron chi connectivity index (χ3n) is 1.37. The van der Waals surface area contributed by atoms with Gasteiger partial charge in [-0.2, -0.15) is 0 Å². The molecule has 0 aliphatic heterocycles. The number of hydrogen-bond acceptors (Lipinski definition) is 2. The minimum Gasteiger partial charge on any atom is -0.479 e. The molecule has 4 heteroatoms. The summed E-state index contributed by atoms with van der Waals surface area (Å²) in [6.07, 6.45) is 2.05. The van der Waals surface area contributed by atoms with Gasteiger partial charge in [0.05, 0.1) is 0 Å². The van der Waals surface area contributed by atoms with E-state index in [-0.39, 0.29) is 12.4 Å². The molecule has 0 aromatic rings. The molecule has 0 aliphatic rings. The van der Waals surface area contributed by atoms with Crippen LogP contribution in [0.5, 0.6) is 0 Å². The Morgan fingerprint density at radius 3 is 2.36 bits per heavy atom. The topological polar surface area (TPSA) is 57.5 Å². The third kappa shape index (κ3) is 7.62. The van der Waals surface area contributed by atoms with Gasteiger partial charge in [0.1, 0.15) is 0 Å². The second kappa shape index (κ2) is 7.82. The number of hydrogen-bond donors (Lipinski definition) is 2. The van der Waals surface area contributed by atoms with E-state index in [1.807, 2.05) is 6.92 Å². The molecule has 0 rings (SSSR count). The second-order valence-corrected chi connectivity index (χ2v) is 2.35. The first-order valence-corrected chi connectivity index (χ1v) is 3.59. The van der Waals surface area contributed by atoms with E-state index in [0.29, 0.717) is 6.42 Å². The van der Waals surface area contributed by atoms with Crippen LogP contribution < -0.4 is 0 Å². The molecule has 0 saturated carbocycles. The summed E-state index contributed by atoms with van der Waals surface area (Å²) in [5.74, 6) is -1.11. The molecule has 0 fully saturated rings. The highest BCUT2D eigenvalue weighted by Gasteiger charge is 2.10. The average molecular weight is 183 g/mol. The first-order valence-electron chi connectivity index (χ1n) is 3.59. The molecule has 0 amide bonds. The summed E-state index contributed by atoms with van der Waals surface area (Å²) in [6, 6.07) is 0. The van der Waals surface area contributed by atoms with Gasteiger partial charge in [0.25, 0.3) is 0 Å². The minimum atomic E-state index is -1.16. The fourth-order valence-electron chi connectivity index (χ4n) is 0.711. The van der Waals surface area contributed by atoms with Crippen molar-refractivity contribution in [1.82, 2.24) is 0 Å². The number of carbonyl (C=O) groups is 1. The molecule has 0 spiro atoms. The van der Waals surface area contributed by atoms with E-state index in [4.69, 9.17) is 10.2 Å². The fourth-order valence-corrected chi connectivity index (χ4v) is 0.711. The number of carboxylic acid groups (broad SMARTS) is 1. The van der Waals surface area contributed by atoms with Crippen molar-refractivity contribution in [3.63, 3.8) is 0 Å². The largest absolute Gasteiger partial charge is 0.479 e. The number of aliphatic carboxylic acids is 1. The maximum atomic E-state index is 10.0. The molecule has 2 N–H and O–H groups in total. The molecule has 1 unspecified atom stereocenters. The Morgan fingerprint density at radius 1 is 1.45 bits per heavy atom. The predicted octanol–water partition coefficient (Wildman–Crippen LogP) is 1.43. The quantitative estimate of drug-likeness (QED) is 0.633. The van der Waals surface area contributed by atoms with E-state index < -0.39 is 12.1 Å². The zero-order chi connectivity index (χ0) is 7.98. The first-order chi connectivity index (χ1) is 4.68. The first kappa shape index (κ1) is 13.3. The van der Waals surface area contributed by atoms with Gasteiger partial charge in [-0.1, -0.05) is 26.2 Å². The maximum absolute atomic E-state index is 10.0. The molecular weight excluding hydrogens is 168 g/mol. The summed E-state index contributed by atoms with van der Waals surface area (Å²) >= 11 is 0. The lowest BCUT2D eigenvalue weighted by Gasteiger charge is -2.02. The van der Waals surface area contributed by atoms with Gasteiger partial charge < -0.3 is 10.2 Å². The van der Waals surface area contributed by atoms with Crippen LogP contribution in [-0.2, 0) is 4.79 Å². The SMILES string of the molecule is CCCCCC(O)C(=O)O.Cl. The van der Waals surface area contributed by atoms with Crippen LogP contribution in [0.1, 0.15) is 32.6 Å². The highest BCUT2D eigenvalue weighted by molar-refractivity contribution is 5.85. The molecular formula is C7H15ClO3. The van der Waals surface area contributed by atoms with Gasteiger partial charge in [-0.3, -0.25) is 0 Å². The van der Waals surface area contributed by atoms with Crippen LogP contribution in [0.3, 0.4) is 0 Å². The molecule has 0 saturated heterocycles. The summed E-state index contributed by atoms with van der Waals surface area (Å²) in [7, 11) is 0. The standard InChI is InChI=1S/C7H14O3.ClH/c1-2-3-4-5-6(8)7(9)10;/h6,8H,2-5H2,1H3,(H,9,10);1H. The Labute approximate surface area is 72.8 Å². The monoisotopic (exact) mass is 182 g/mol. The van der Waals surface area contributed by atoms with Crippen LogP contribution in [0.2, 0.25) is 0 Å². The van der Waals surface area contributed by atoms with E-state index in [2.05, 4.69) is 0 Å². The van der Waals surface area contributed by atoms with Crippen LogP contribution in [-0.4, -0.2) is 22.3 Å². The van der Waals surface area contributed by atoms with Crippen LogP contribution in [0.4, 0.5) is 0 Å². The van der Waals surface area contributed by atoms with Gasteiger partial charge >= 0.3 is 5.97 Å². The lowest BCUT2D eigenvalue weighted by Crippen LogP contribution is -2.18. The van der Waals surface area contributed by atoms with Gasteiger partial charge in [-0.25, -0.2) is 4.79 Å². The van der Waals surface area contributed by atoms with Crippen molar-refractivity contribution in [3.05, 3.63) is 0 Å². The Morgan fingerprint density at radius 2 is 2.00 bits per heavy atom. The van der Waals surface area contributed by atoms with Gasteiger partial charge in [0.15, 0.2) is 6.10 Å². The van der Waals surface area contributed by atoms with Crippen molar-refractivity contribution in [2.45, 2.75) is 38.7 Å². The molecule has 1 atom stereocenters. The molecule has 3 nitrogen and oxygen atoms in total. The summed E-state index contributed by atoms with van der Waals surface area (Å²) in [6.45, 7) is 2.03. The summed E-state index contributed by atoms with van der Waals surface area (Å²) in [5, 5.41) is 17.0. The number of unbranched alkanes of at least 4 members (excludes halogenated alkanes) is 2. The van der Waals surface area contributed by atoms with Gasteiger partial charge in [0.2, 0.25) is 0 Å². The summed E-state index contributed by atoms with van der Waals surface area (Å²) in [5.41, 5.74) is 0. The third-order valence-corrected chi connectivity index (χ3v) is 1.37. The maximum Gasteiger partial charge on any atom is 0.332 e. The number of carboxylic acids is 1. The molecule has 11 heavy (non-hydrogen) atoms. The van der Waals surface area contributed by atoms with Gasteiger partial charge in [-0.15, -0.1) is 12.4 Å². The van der Waals surface area contributed by atoms with Crippen molar-refractivity contribution in [2.75, 3.05) is 0 Å². The molecule has 0 bridgehead atoms. The van der Waals surface area contributed by atoms with Crippen molar-refractivity contribution < 1.29 is 15.0 Å². The highest BCUT2D eigenvalue weighted by Crippen LogP contribution is 2.02. The molecule has 0 aromatic carbocycles. The Kier molecular flexibility index (Phi) is 9.47. The molecule has 0 aliphatic carbocycles. The molecule has 68 valence electrons. The summed E-state index contributed by atoms with van der Waals surface area (Å²) in [4.78, 5) is 10.0. The fraction of sp³-hybridized carbons (Fsp3) is 0.857. The van der Waals surface area contributed by atoms with Crippen molar-refractivity contribution in [1.29, 1.82) is 0 Å². The van der Waals surface area contributed by atoms with Gasteiger partial charge in [0, 0.05) is 0 Å². The molecule has 0 aromatic heterocycles. The van der Waals surface area contributed by atoms with E-state index in [1.54, 1.807) is 0 Å². The smallest absolute Gasteiger partial charge is 0.332 e. The minimum absolute atomic E-state index is 0. The zero-order valence-corrected chi connectivity index (χ0v) is 7.43. The van der Waals surface area contributed by atoms with Gasteiger partial charge in [-0.05, 0) is 6.42 Å². The van der Waals surface area contributed by atoms with E-state index in [1.165, 1.54) is 0 Å². The van der Waals surface area contributed by atoms with E-state index in [9.17, 15) is 4.79 Å². The second-order valence-electron chi connectivity index (χ2n) is 2.35. The molecule has 0 radical (unpaired) electrons. The van der Waals surface area contributed by atoms with Crippen molar-refractivity contribution in [3.8, 4) is 0 Å². The number of aliphatic hydroxyl groups excluding tert-OH is 1. The lowest BCUT2D eigenvalue weighted by atomic mass is 10.1. The predicted molar refractivity (Wildman–Crippen MR) is 45.0 cm³/mol. The number of rotatable bonds is 5. The van der Waals surface area contributed by atoms with E-state index >= 15 is 0 Å². The van der Waals surface area contributed by atoms with Crippen LogP contribution in [0.25, 0.3) is 0 Å². The zero-order valence-electron chi connectivity index (χ0n) is 6.62. The number of aliphatic hydroxyl groups is 1. The Bertz CT molecular complexity index is 106. The normalized spacial score (nSPS) is 11.8. The van der Waals surface area contributed by atoms with Crippen LogP contribution in [0, 0.1) is 0 Å². The van der Waals surface area contributed by atoms with Crippen LogP contribution in [0.15, 0.2) is 0 Å².